The highest BCUT2D eigenvalue weighted by Gasteiger charge is 2.08. The number of rotatable bonds is 1. The average molecular weight is 226 g/mol. The molecule has 0 unspecified atom stereocenters. The van der Waals surface area contributed by atoms with Crippen molar-refractivity contribution in [2.45, 2.75) is 6.92 Å². The largest absolute Gasteiger partial charge is 0.338 e. The molecule has 0 aliphatic rings. The smallest absolute Gasteiger partial charge is 0.151 e. The summed E-state index contributed by atoms with van der Waals surface area (Å²) in [6.07, 6.45) is 0. The van der Waals surface area contributed by atoms with E-state index in [0.29, 0.717) is 11.3 Å². The van der Waals surface area contributed by atoms with Crippen molar-refractivity contribution in [3.8, 4) is 11.4 Å². The summed E-state index contributed by atoms with van der Waals surface area (Å²) in [5, 5.41) is 0. The number of hydrogen-bond acceptors (Lipinski definition) is 1. The van der Waals surface area contributed by atoms with Gasteiger partial charge in [-0.05, 0) is 25.1 Å². The van der Waals surface area contributed by atoms with Crippen molar-refractivity contribution >= 4 is 11.0 Å². The predicted octanol–water partition coefficient (Wildman–Crippen LogP) is 3.68. The molecule has 0 atom stereocenters. The van der Waals surface area contributed by atoms with Gasteiger partial charge in [0.15, 0.2) is 5.82 Å². The third-order valence-electron chi connectivity index (χ3n) is 2.75. The summed E-state index contributed by atoms with van der Waals surface area (Å²) in [6.45, 7) is 2.02. The van der Waals surface area contributed by atoms with E-state index in [1.807, 2.05) is 37.3 Å². The number of aryl methyl sites for hydroxylation is 1. The topological polar surface area (TPSA) is 28.7 Å². The first-order valence-corrected chi connectivity index (χ1v) is 5.45. The summed E-state index contributed by atoms with van der Waals surface area (Å²) in [4.78, 5) is 7.42. The van der Waals surface area contributed by atoms with Crippen molar-refractivity contribution in [1.29, 1.82) is 0 Å². The molecule has 0 amide bonds. The van der Waals surface area contributed by atoms with Crippen LogP contribution in [0.1, 0.15) is 5.56 Å². The normalized spacial score (nSPS) is 10.9. The van der Waals surface area contributed by atoms with E-state index >= 15 is 0 Å². The maximum Gasteiger partial charge on any atom is 0.151 e. The van der Waals surface area contributed by atoms with Gasteiger partial charge in [0.25, 0.3) is 0 Å². The van der Waals surface area contributed by atoms with Crippen LogP contribution in [-0.2, 0) is 0 Å². The van der Waals surface area contributed by atoms with Gasteiger partial charge < -0.3 is 4.98 Å². The number of hydrogen-bond donors (Lipinski definition) is 1. The number of nitrogens with zero attached hydrogens (tertiary/aromatic N) is 1. The van der Waals surface area contributed by atoms with Gasteiger partial charge in [-0.15, -0.1) is 0 Å². The van der Waals surface area contributed by atoms with Crippen molar-refractivity contribution < 1.29 is 4.39 Å². The number of aromatic amines is 1. The van der Waals surface area contributed by atoms with E-state index in [0.717, 1.165) is 16.6 Å². The van der Waals surface area contributed by atoms with E-state index < -0.39 is 0 Å². The minimum Gasteiger partial charge on any atom is -0.338 e. The van der Waals surface area contributed by atoms with Crippen LogP contribution in [0.25, 0.3) is 22.4 Å². The Morgan fingerprint density at radius 3 is 2.71 bits per heavy atom. The zero-order valence-corrected chi connectivity index (χ0v) is 9.37. The molecule has 1 aromatic heterocycles. The molecule has 3 aromatic rings. The second-order valence-electron chi connectivity index (χ2n) is 4.09. The van der Waals surface area contributed by atoms with Gasteiger partial charge in [0.05, 0.1) is 5.52 Å². The van der Waals surface area contributed by atoms with E-state index in [-0.39, 0.29) is 5.82 Å². The van der Waals surface area contributed by atoms with Crippen LogP contribution >= 0.6 is 0 Å². The minimum atomic E-state index is -0.294. The number of nitrogens with one attached hydrogen (secondary N) is 1. The molecule has 1 N–H and O–H groups in total. The quantitative estimate of drug-likeness (QED) is 0.673. The molecule has 3 heteroatoms. The third kappa shape index (κ3) is 1.69. The van der Waals surface area contributed by atoms with Crippen LogP contribution in [0.15, 0.2) is 42.5 Å². The lowest BCUT2D eigenvalue weighted by atomic mass is 10.1. The van der Waals surface area contributed by atoms with Crippen molar-refractivity contribution in [3.63, 3.8) is 0 Å². The molecule has 1 heterocycles. The van der Waals surface area contributed by atoms with Crippen molar-refractivity contribution in [1.82, 2.24) is 9.97 Å². The molecule has 84 valence electrons. The Kier molecular flexibility index (Phi) is 2.18. The Morgan fingerprint density at radius 1 is 1.12 bits per heavy atom. The number of aromatic nitrogens is 2. The average Bonchev–Trinajstić information content (AvgIpc) is 2.74. The monoisotopic (exact) mass is 226 g/mol. The van der Waals surface area contributed by atoms with Crippen LogP contribution < -0.4 is 0 Å². The number of H-pyrrole nitrogens is 1. The second-order valence-corrected chi connectivity index (χ2v) is 4.09. The molecule has 0 spiro atoms. The minimum absolute atomic E-state index is 0.294. The van der Waals surface area contributed by atoms with Crippen LogP contribution in [0.3, 0.4) is 0 Å². The Morgan fingerprint density at radius 2 is 1.94 bits per heavy atom. The van der Waals surface area contributed by atoms with Gasteiger partial charge >= 0.3 is 0 Å². The van der Waals surface area contributed by atoms with Crippen molar-refractivity contribution in [3.05, 3.63) is 53.8 Å². The van der Waals surface area contributed by atoms with E-state index in [9.17, 15) is 4.39 Å². The summed E-state index contributed by atoms with van der Waals surface area (Å²) in [5.41, 5.74) is 3.24. The van der Waals surface area contributed by atoms with E-state index in [4.69, 9.17) is 0 Å². The number of imidazole rings is 1. The Hall–Kier alpha value is -2.16. The summed E-state index contributed by atoms with van der Waals surface area (Å²) < 4.78 is 13.5. The molecule has 17 heavy (non-hydrogen) atoms. The van der Waals surface area contributed by atoms with E-state index in [1.165, 1.54) is 6.07 Å². The third-order valence-corrected chi connectivity index (χ3v) is 2.75. The van der Waals surface area contributed by atoms with Gasteiger partial charge in [-0.3, -0.25) is 0 Å². The van der Waals surface area contributed by atoms with Crippen LogP contribution in [0.2, 0.25) is 0 Å². The lowest BCUT2D eigenvalue weighted by Crippen LogP contribution is -1.81. The molecule has 0 saturated heterocycles. The zero-order valence-electron chi connectivity index (χ0n) is 9.37. The SMILES string of the molecule is Cc1cccc(-c2nc3c(F)cccc3[nH]2)c1. The van der Waals surface area contributed by atoms with Crippen LogP contribution in [0.4, 0.5) is 4.39 Å². The van der Waals surface area contributed by atoms with Gasteiger partial charge in [0.2, 0.25) is 0 Å². The fourth-order valence-corrected chi connectivity index (χ4v) is 1.93. The van der Waals surface area contributed by atoms with Crippen molar-refractivity contribution in [2.75, 3.05) is 0 Å². The summed E-state index contributed by atoms with van der Waals surface area (Å²) in [6, 6.07) is 12.9. The van der Waals surface area contributed by atoms with Crippen LogP contribution in [0.5, 0.6) is 0 Å². The van der Waals surface area contributed by atoms with Gasteiger partial charge in [-0.1, -0.05) is 29.8 Å². The molecular formula is C14H11FN2. The number of fused-ring (bicyclic) bond motifs is 1. The van der Waals surface area contributed by atoms with E-state index in [1.54, 1.807) is 6.07 Å². The lowest BCUT2D eigenvalue weighted by Gasteiger charge is -1.97. The first-order chi connectivity index (χ1) is 8.24. The summed E-state index contributed by atoms with van der Waals surface area (Å²) in [7, 11) is 0. The number of halogens is 1. The molecule has 0 saturated carbocycles. The number of benzene rings is 2. The molecule has 0 radical (unpaired) electrons. The van der Waals surface area contributed by atoms with Gasteiger partial charge in [-0.25, -0.2) is 9.37 Å². The highest BCUT2D eigenvalue weighted by atomic mass is 19.1. The van der Waals surface area contributed by atoms with Crippen LogP contribution in [-0.4, -0.2) is 9.97 Å². The van der Waals surface area contributed by atoms with Gasteiger partial charge in [0, 0.05) is 5.56 Å². The molecule has 0 fully saturated rings. The molecular weight excluding hydrogens is 215 g/mol. The fraction of sp³-hybridized carbons (Fsp3) is 0.0714. The van der Waals surface area contributed by atoms with Gasteiger partial charge in [0.1, 0.15) is 11.3 Å². The highest BCUT2D eigenvalue weighted by Crippen LogP contribution is 2.22. The molecule has 0 aliphatic heterocycles. The standard InChI is InChI=1S/C14H11FN2/c1-9-4-2-5-10(8-9)14-16-12-7-3-6-11(15)13(12)17-14/h2-8H,1H3,(H,16,17). The predicted molar refractivity (Wildman–Crippen MR) is 66.2 cm³/mol. The Balaban J connectivity index is 2.22. The second kappa shape index (κ2) is 3.70. The summed E-state index contributed by atoms with van der Waals surface area (Å²) in [5.74, 6) is 0.409. The molecule has 0 bridgehead atoms. The van der Waals surface area contributed by atoms with E-state index in [2.05, 4.69) is 9.97 Å². The van der Waals surface area contributed by atoms with Crippen LogP contribution in [0, 0.1) is 12.7 Å². The highest BCUT2D eigenvalue weighted by molar-refractivity contribution is 5.79. The maximum atomic E-state index is 13.5. The van der Waals surface area contributed by atoms with Crippen molar-refractivity contribution in [2.24, 2.45) is 0 Å². The fourth-order valence-electron chi connectivity index (χ4n) is 1.93. The maximum absolute atomic E-state index is 13.5. The zero-order chi connectivity index (χ0) is 11.8. The van der Waals surface area contributed by atoms with Gasteiger partial charge in [-0.2, -0.15) is 0 Å². The first-order valence-electron chi connectivity index (χ1n) is 5.45. The molecule has 3 rings (SSSR count). The molecule has 2 nitrogen and oxygen atoms in total. The Labute approximate surface area is 98.1 Å². The lowest BCUT2D eigenvalue weighted by molar-refractivity contribution is 0.637. The molecule has 0 aliphatic carbocycles. The summed E-state index contributed by atoms with van der Waals surface area (Å²) >= 11 is 0. The number of para-hydroxylation sites is 1. The Bertz CT molecular complexity index is 686. The first kappa shape index (κ1) is 10.0. The molecule has 2 aromatic carbocycles.